The highest BCUT2D eigenvalue weighted by atomic mass is 19.1. The van der Waals surface area contributed by atoms with Crippen LogP contribution in [0.4, 0.5) is 4.39 Å². The molecule has 80 valence electrons. The van der Waals surface area contributed by atoms with E-state index in [0.717, 1.165) is 11.6 Å². The Morgan fingerprint density at radius 2 is 2.07 bits per heavy atom. The standard InChI is InChI=1S/C11H14FN3/c1-14-11(7-10(12)13)15-8-9-5-3-2-4-6-9/h2-7,13-15H,8H2,1H3/b11-7+,13-10?. The molecule has 15 heavy (non-hydrogen) atoms. The average molecular weight is 207 g/mol. The molecule has 0 aliphatic rings. The van der Waals surface area contributed by atoms with Gasteiger partial charge in [0.25, 0.3) is 0 Å². The molecule has 0 fully saturated rings. The molecule has 0 spiro atoms. The highest BCUT2D eigenvalue weighted by molar-refractivity contribution is 5.84. The van der Waals surface area contributed by atoms with E-state index in [2.05, 4.69) is 10.6 Å². The molecule has 1 rings (SSSR count). The Hall–Kier alpha value is -1.84. The Bertz CT molecular complexity index is 346. The van der Waals surface area contributed by atoms with E-state index in [1.807, 2.05) is 30.3 Å². The smallest absolute Gasteiger partial charge is 0.209 e. The topological polar surface area (TPSA) is 47.9 Å². The van der Waals surface area contributed by atoms with Gasteiger partial charge >= 0.3 is 0 Å². The van der Waals surface area contributed by atoms with E-state index in [1.165, 1.54) is 0 Å². The maximum Gasteiger partial charge on any atom is 0.209 e. The van der Waals surface area contributed by atoms with Crippen molar-refractivity contribution in [3.05, 3.63) is 47.8 Å². The van der Waals surface area contributed by atoms with Crippen molar-refractivity contribution in [2.45, 2.75) is 6.54 Å². The zero-order valence-corrected chi connectivity index (χ0v) is 8.55. The molecule has 0 saturated heterocycles. The van der Waals surface area contributed by atoms with Gasteiger partial charge in [0, 0.05) is 19.7 Å². The lowest BCUT2D eigenvalue weighted by atomic mass is 10.2. The van der Waals surface area contributed by atoms with Crippen LogP contribution in [0.1, 0.15) is 5.56 Å². The molecular weight excluding hydrogens is 193 g/mol. The van der Waals surface area contributed by atoms with E-state index in [9.17, 15) is 4.39 Å². The summed E-state index contributed by atoms with van der Waals surface area (Å²) < 4.78 is 12.3. The normalized spacial score (nSPS) is 10.9. The van der Waals surface area contributed by atoms with E-state index >= 15 is 0 Å². The summed E-state index contributed by atoms with van der Waals surface area (Å²) in [5.74, 6) is -0.480. The fraction of sp³-hybridized carbons (Fsp3) is 0.182. The Balaban J connectivity index is 2.52. The minimum absolute atomic E-state index is 0.492. The number of hydrogen-bond donors (Lipinski definition) is 3. The molecule has 0 aliphatic carbocycles. The first-order valence-corrected chi connectivity index (χ1v) is 4.63. The molecule has 0 atom stereocenters. The second-order valence-corrected chi connectivity index (χ2v) is 3.00. The summed E-state index contributed by atoms with van der Waals surface area (Å²) in [4.78, 5) is 0. The zero-order chi connectivity index (χ0) is 11.1. The molecule has 1 aromatic rings. The van der Waals surface area contributed by atoms with Crippen LogP contribution in [-0.4, -0.2) is 13.0 Å². The quantitative estimate of drug-likeness (QED) is 0.644. The lowest BCUT2D eigenvalue weighted by Gasteiger charge is -2.09. The summed E-state index contributed by atoms with van der Waals surface area (Å²) in [6.45, 7) is 0.598. The van der Waals surface area contributed by atoms with Crippen molar-refractivity contribution < 1.29 is 4.39 Å². The van der Waals surface area contributed by atoms with E-state index in [4.69, 9.17) is 5.41 Å². The molecule has 4 heteroatoms. The summed E-state index contributed by atoms with van der Waals surface area (Å²) in [6, 6.07) is 9.77. The molecule has 0 unspecified atom stereocenters. The second kappa shape index (κ2) is 5.80. The first-order chi connectivity index (χ1) is 7.22. The third-order valence-electron chi connectivity index (χ3n) is 1.87. The fourth-order valence-corrected chi connectivity index (χ4v) is 1.13. The first-order valence-electron chi connectivity index (χ1n) is 4.63. The fourth-order valence-electron chi connectivity index (χ4n) is 1.13. The summed E-state index contributed by atoms with van der Waals surface area (Å²) >= 11 is 0. The largest absolute Gasteiger partial charge is 0.375 e. The molecule has 0 heterocycles. The SMILES string of the molecule is CN/C(=C\C(=N)F)NCc1ccccc1. The van der Waals surface area contributed by atoms with Gasteiger partial charge in [0.05, 0.1) is 0 Å². The first kappa shape index (κ1) is 11.2. The minimum atomic E-state index is -0.972. The van der Waals surface area contributed by atoms with Gasteiger partial charge in [-0.25, -0.2) is 0 Å². The van der Waals surface area contributed by atoms with Gasteiger partial charge in [0.15, 0.2) is 0 Å². The van der Waals surface area contributed by atoms with E-state index < -0.39 is 5.97 Å². The van der Waals surface area contributed by atoms with Crippen LogP contribution in [-0.2, 0) is 6.54 Å². The van der Waals surface area contributed by atoms with Crippen LogP contribution in [0, 0.1) is 5.41 Å². The molecule has 0 amide bonds. The number of nitrogens with one attached hydrogen (secondary N) is 3. The number of allylic oxidation sites excluding steroid dienone is 1. The summed E-state index contributed by atoms with van der Waals surface area (Å²) in [6.07, 6.45) is 1.10. The number of hydrogen-bond acceptors (Lipinski definition) is 3. The van der Waals surface area contributed by atoms with Crippen molar-refractivity contribution in [1.82, 2.24) is 10.6 Å². The minimum Gasteiger partial charge on any atom is -0.375 e. The molecule has 3 N–H and O–H groups in total. The summed E-state index contributed by atoms with van der Waals surface area (Å²) in [5.41, 5.74) is 1.10. The van der Waals surface area contributed by atoms with Gasteiger partial charge in [-0.05, 0) is 5.56 Å². The molecule has 0 aromatic heterocycles. The molecule has 0 saturated carbocycles. The summed E-state index contributed by atoms with van der Waals surface area (Å²) in [7, 11) is 1.67. The van der Waals surface area contributed by atoms with Crippen LogP contribution in [0.2, 0.25) is 0 Å². The zero-order valence-electron chi connectivity index (χ0n) is 8.55. The van der Waals surface area contributed by atoms with Crippen LogP contribution in [0.25, 0.3) is 0 Å². The lowest BCUT2D eigenvalue weighted by Crippen LogP contribution is -2.23. The van der Waals surface area contributed by atoms with Crippen molar-refractivity contribution in [2.24, 2.45) is 0 Å². The third-order valence-corrected chi connectivity index (χ3v) is 1.87. The van der Waals surface area contributed by atoms with Crippen LogP contribution in [0.5, 0.6) is 0 Å². The van der Waals surface area contributed by atoms with Crippen LogP contribution < -0.4 is 10.6 Å². The highest BCUT2D eigenvalue weighted by Gasteiger charge is 1.96. The van der Waals surface area contributed by atoms with Crippen molar-refractivity contribution in [1.29, 1.82) is 5.41 Å². The number of halogens is 1. The van der Waals surface area contributed by atoms with Gasteiger partial charge in [-0.2, -0.15) is 4.39 Å². The average Bonchev–Trinajstić information content (AvgIpc) is 2.25. The van der Waals surface area contributed by atoms with Crippen LogP contribution >= 0.6 is 0 Å². The molecule has 0 radical (unpaired) electrons. The van der Waals surface area contributed by atoms with Gasteiger partial charge in [0.2, 0.25) is 5.97 Å². The predicted molar refractivity (Wildman–Crippen MR) is 59.3 cm³/mol. The van der Waals surface area contributed by atoms with Crippen LogP contribution in [0.3, 0.4) is 0 Å². The van der Waals surface area contributed by atoms with Crippen molar-refractivity contribution in [2.75, 3.05) is 7.05 Å². The number of benzene rings is 1. The maximum atomic E-state index is 12.3. The molecule has 1 aromatic carbocycles. The number of rotatable bonds is 5. The van der Waals surface area contributed by atoms with Gasteiger partial charge in [0.1, 0.15) is 5.82 Å². The molecule has 0 bridgehead atoms. The van der Waals surface area contributed by atoms with Crippen LogP contribution in [0.15, 0.2) is 42.2 Å². The molecular formula is C11H14FN3. The predicted octanol–water partition coefficient (Wildman–Crippen LogP) is 1.78. The third kappa shape index (κ3) is 4.26. The molecule has 3 nitrogen and oxygen atoms in total. The van der Waals surface area contributed by atoms with E-state index in [1.54, 1.807) is 7.05 Å². The monoisotopic (exact) mass is 207 g/mol. The Morgan fingerprint density at radius 1 is 1.40 bits per heavy atom. The Kier molecular flexibility index (Phi) is 4.34. The van der Waals surface area contributed by atoms with Gasteiger partial charge in [-0.3, -0.25) is 5.41 Å². The van der Waals surface area contributed by atoms with Gasteiger partial charge in [-0.1, -0.05) is 30.3 Å². The Morgan fingerprint density at radius 3 is 2.60 bits per heavy atom. The van der Waals surface area contributed by atoms with E-state index in [0.29, 0.717) is 12.4 Å². The maximum absolute atomic E-state index is 12.3. The van der Waals surface area contributed by atoms with Crippen molar-refractivity contribution >= 4 is 5.97 Å². The lowest BCUT2D eigenvalue weighted by molar-refractivity contribution is 0.729. The van der Waals surface area contributed by atoms with Gasteiger partial charge < -0.3 is 10.6 Å². The Labute approximate surface area is 88.5 Å². The summed E-state index contributed by atoms with van der Waals surface area (Å²) in [5, 5.41) is 12.4. The van der Waals surface area contributed by atoms with Gasteiger partial charge in [-0.15, -0.1) is 0 Å². The molecule has 0 aliphatic heterocycles. The van der Waals surface area contributed by atoms with Crippen molar-refractivity contribution in [3.63, 3.8) is 0 Å². The van der Waals surface area contributed by atoms with E-state index in [-0.39, 0.29) is 0 Å². The second-order valence-electron chi connectivity index (χ2n) is 3.00. The van der Waals surface area contributed by atoms with Crippen molar-refractivity contribution in [3.8, 4) is 0 Å². The highest BCUT2D eigenvalue weighted by Crippen LogP contribution is 1.98.